The van der Waals surface area contributed by atoms with Crippen LogP contribution in [0.25, 0.3) is 0 Å². The summed E-state index contributed by atoms with van der Waals surface area (Å²) in [5.74, 6) is 0.247. The average molecular weight is 1100 g/mol. The van der Waals surface area contributed by atoms with Crippen molar-refractivity contribution in [3.8, 4) is 0 Å². The van der Waals surface area contributed by atoms with Crippen LogP contribution in [0.1, 0.15) is 74.3 Å². The van der Waals surface area contributed by atoms with Gasteiger partial charge in [0.15, 0.2) is 24.7 Å². The Hall–Kier alpha value is -6.70. The Morgan fingerprint density at radius 2 is 0.600 bits per heavy atom. The lowest BCUT2D eigenvalue weighted by Crippen LogP contribution is -2.75. The van der Waals surface area contributed by atoms with E-state index in [0.29, 0.717) is 0 Å². The van der Waals surface area contributed by atoms with Crippen LogP contribution in [0.15, 0.2) is 128 Å². The van der Waals surface area contributed by atoms with Crippen LogP contribution < -0.4 is 26.4 Å². The summed E-state index contributed by atoms with van der Waals surface area (Å²) in [4.78, 5) is 11.8. The van der Waals surface area contributed by atoms with Gasteiger partial charge in [-0.25, -0.2) is 4.57 Å². The van der Waals surface area contributed by atoms with Gasteiger partial charge in [0.05, 0.1) is 44.5 Å². The molecule has 0 saturated carbocycles. The van der Waals surface area contributed by atoms with E-state index in [2.05, 4.69) is 16.7 Å². The Balaban J connectivity index is 0.000000483. The molecule has 0 atom stereocenters. The molecule has 0 amide bonds. The van der Waals surface area contributed by atoms with Gasteiger partial charge in [-0.3, -0.25) is 4.79 Å². The van der Waals surface area contributed by atoms with Crippen LogP contribution in [0.4, 0.5) is 105 Å². The molecule has 0 aliphatic carbocycles. The highest BCUT2D eigenvalue weighted by atomic mass is 19.4. The molecular formula is C48H30BF24NO. The number of aromatic nitrogens is 1. The maximum Gasteiger partial charge on any atom is 0.416 e. The van der Waals surface area contributed by atoms with E-state index in [1.54, 1.807) is 0 Å². The Bertz CT molecular complexity index is 2560. The van der Waals surface area contributed by atoms with E-state index in [-0.39, 0.29) is 11.7 Å². The number of hydrogen-bond donors (Lipinski definition) is 0. The van der Waals surface area contributed by atoms with Gasteiger partial charge in [-0.15, -0.1) is 0 Å². The molecule has 0 spiro atoms. The van der Waals surface area contributed by atoms with Crippen LogP contribution in [-0.4, -0.2) is 11.9 Å². The predicted octanol–water partition coefficient (Wildman–Crippen LogP) is 14.1. The van der Waals surface area contributed by atoms with Crippen molar-refractivity contribution in [2.45, 2.75) is 69.8 Å². The zero-order valence-electron chi connectivity index (χ0n) is 37.4. The highest BCUT2D eigenvalue weighted by molar-refractivity contribution is 7.20. The monoisotopic (exact) mass is 1100 g/mol. The predicted molar refractivity (Wildman–Crippen MR) is 221 cm³/mol. The second kappa shape index (κ2) is 20.4. The zero-order valence-corrected chi connectivity index (χ0v) is 37.4. The Morgan fingerprint density at radius 1 is 0.373 bits per heavy atom. The Morgan fingerprint density at radius 3 is 0.800 bits per heavy atom. The van der Waals surface area contributed by atoms with Gasteiger partial charge in [-0.1, -0.05) is 92.7 Å². The van der Waals surface area contributed by atoms with Gasteiger partial charge in [-0.05, 0) is 24.3 Å². The SMILES string of the molecule is CC(C)C(=O)c1cc[n+](Cc2ccccc2)cc1.FC(F)(F)c1cc([B-](c2cc(C(F)(F)F)cc(C(F)(F)F)c2)(c2cc(C(F)(F)F)cc(C(F)(F)F)c2)c2cc(C(F)(F)F)cc(C(F)(F)F)c2)cc(C(F)(F)F)c1. The number of carbonyl (C=O) groups is 1. The summed E-state index contributed by atoms with van der Waals surface area (Å²) in [5, 5.41) is 0. The van der Waals surface area contributed by atoms with Crippen molar-refractivity contribution in [1.29, 1.82) is 0 Å². The van der Waals surface area contributed by atoms with E-state index in [1.165, 1.54) is 5.56 Å². The minimum Gasteiger partial charge on any atom is -0.294 e. The van der Waals surface area contributed by atoms with E-state index in [9.17, 15) is 110 Å². The summed E-state index contributed by atoms with van der Waals surface area (Å²) in [7, 11) is 0. The quantitative estimate of drug-likeness (QED) is 0.0644. The summed E-state index contributed by atoms with van der Waals surface area (Å²) in [6, 6.07) is 5.25. The van der Waals surface area contributed by atoms with Crippen LogP contribution >= 0.6 is 0 Å². The smallest absolute Gasteiger partial charge is 0.294 e. The molecule has 0 fully saturated rings. The van der Waals surface area contributed by atoms with Gasteiger partial charge >= 0.3 is 49.4 Å². The van der Waals surface area contributed by atoms with Gasteiger partial charge in [0.1, 0.15) is 6.15 Å². The van der Waals surface area contributed by atoms with Crippen molar-refractivity contribution in [3.05, 3.63) is 183 Å². The molecule has 0 bridgehead atoms. The third-order valence-corrected chi connectivity index (χ3v) is 11.3. The van der Waals surface area contributed by atoms with E-state index >= 15 is 0 Å². The first-order valence-corrected chi connectivity index (χ1v) is 20.9. The third kappa shape index (κ3) is 14.0. The lowest BCUT2D eigenvalue weighted by Gasteiger charge is -2.46. The lowest BCUT2D eigenvalue weighted by atomic mass is 9.12. The normalized spacial score (nSPS) is 13.4. The molecule has 1 aromatic heterocycles. The number of carbonyl (C=O) groups excluding carboxylic acids is 1. The molecule has 0 unspecified atom stereocenters. The molecule has 6 rings (SSSR count). The molecule has 5 aromatic carbocycles. The Labute approximate surface area is 407 Å². The van der Waals surface area contributed by atoms with Crippen molar-refractivity contribution in [3.63, 3.8) is 0 Å². The topological polar surface area (TPSA) is 20.9 Å². The lowest BCUT2D eigenvalue weighted by molar-refractivity contribution is -0.688. The molecule has 75 heavy (non-hydrogen) atoms. The molecule has 1 heterocycles. The fourth-order valence-electron chi connectivity index (χ4n) is 7.93. The summed E-state index contributed by atoms with van der Waals surface area (Å²) >= 11 is 0. The first kappa shape index (κ1) is 59.2. The first-order valence-electron chi connectivity index (χ1n) is 20.9. The summed E-state index contributed by atoms with van der Waals surface area (Å²) in [6.45, 7) is 4.68. The second-order valence-electron chi connectivity index (χ2n) is 17.0. The van der Waals surface area contributed by atoms with Crippen LogP contribution in [0.3, 0.4) is 0 Å². The molecule has 0 radical (unpaired) electrons. The molecule has 0 aliphatic rings. The Kier molecular flexibility index (Phi) is 16.1. The average Bonchev–Trinajstić information content (AvgIpc) is 3.27. The minimum absolute atomic E-state index is 0.0509. The number of Topliss-reactive ketones (excluding diaryl/α,β-unsaturated/α-hetero) is 1. The number of benzene rings is 5. The van der Waals surface area contributed by atoms with E-state index < -0.39 is 195 Å². The number of ketones is 1. The highest BCUT2D eigenvalue weighted by Crippen LogP contribution is 2.41. The van der Waals surface area contributed by atoms with E-state index in [4.69, 9.17) is 0 Å². The van der Waals surface area contributed by atoms with Gasteiger partial charge in [0.2, 0.25) is 0 Å². The fraction of sp³-hybridized carbons (Fsp3) is 0.250. The van der Waals surface area contributed by atoms with Crippen LogP contribution in [0, 0.1) is 5.92 Å². The largest absolute Gasteiger partial charge is 0.416 e. The summed E-state index contributed by atoms with van der Waals surface area (Å²) in [6.07, 6.45) is -50.9. The van der Waals surface area contributed by atoms with Gasteiger partial charge in [0.25, 0.3) is 0 Å². The van der Waals surface area contributed by atoms with Crippen molar-refractivity contribution in [1.82, 2.24) is 0 Å². The van der Waals surface area contributed by atoms with Crippen molar-refractivity contribution in [2.75, 3.05) is 0 Å². The maximum absolute atomic E-state index is 14.2. The van der Waals surface area contributed by atoms with Crippen LogP contribution in [0.5, 0.6) is 0 Å². The molecule has 0 N–H and O–H groups in total. The van der Waals surface area contributed by atoms with Gasteiger partial charge in [0, 0.05) is 29.2 Å². The first-order chi connectivity index (χ1) is 33.9. The fourth-order valence-corrected chi connectivity index (χ4v) is 7.93. The number of alkyl halides is 24. The number of hydrogen-bond acceptors (Lipinski definition) is 1. The van der Waals surface area contributed by atoms with E-state index in [1.807, 2.05) is 56.6 Å². The number of halogens is 24. The molecule has 6 aromatic rings. The molecule has 0 saturated heterocycles. The van der Waals surface area contributed by atoms with Crippen molar-refractivity contribution >= 4 is 33.8 Å². The van der Waals surface area contributed by atoms with E-state index in [0.717, 1.165) is 12.1 Å². The molecular weight excluding hydrogens is 1070 g/mol. The summed E-state index contributed by atoms with van der Waals surface area (Å²) in [5.41, 5.74) is -28.2. The minimum atomic E-state index is -6.13. The number of nitrogens with zero attached hydrogens (tertiary/aromatic N) is 1. The molecule has 27 heteroatoms. The molecule has 2 nitrogen and oxygen atoms in total. The number of pyridine rings is 1. The third-order valence-electron chi connectivity index (χ3n) is 11.3. The van der Waals surface area contributed by atoms with Crippen molar-refractivity contribution in [2.24, 2.45) is 5.92 Å². The van der Waals surface area contributed by atoms with Crippen LogP contribution in [-0.2, 0) is 56.0 Å². The number of rotatable bonds is 8. The summed E-state index contributed by atoms with van der Waals surface area (Å²) < 4.78 is 343. The second-order valence-corrected chi connectivity index (χ2v) is 17.0. The molecule has 404 valence electrons. The molecule has 0 aliphatic heterocycles. The van der Waals surface area contributed by atoms with Gasteiger partial charge < -0.3 is 0 Å². The highest BCUT2D eigenvalue weighted by Gasteiger charge is 2.47. The standard InChI is InChI=1S/C32H12BF24.C16H18NO/c34-25(35,36)13-1-14(26(37,38)39)6-21(5-13)33(22-7-15(27(40,41)42)2-16(8-22)28(43,44)45,23-9-17(29(46,47)48)3-18(10-23)30(49,50)51)24-11-19(31(52,53)54)4-20(12-24)32(55,56)57;1-13(2)16(18)15-8-10-17(11-9-15)12-14-6-4-3-5-7-14/h1-12H;3-11,13H,12H2,1-2H3/q-1;+1. The zero-order chi connectivity index (χ0) is 56.9. The van der Waals surface area contributed by atoms with Gasteiger partial charge in [-0.2, -0.15) is 127 Å². The maximum atomic E-state index is 14.2. The van der Waals surface area contributed by atoms with Crippen LogP contribution in [0.2, 0.25) is 0 Å². The van der Waals surface area contributed by atoms with Crippen molar-refractivity contribution < 1.29 is 115 Å².